The maximum absolute atomic E-state index is 11.3. The summed E-state index contributed by atoms with van der Waals surface area (Å²) in [5, 5.41) is 11.7. The van der Waals surface area contributed by atoms with Gasteiger partial charge in [0.15, 0.2) is 6.61 Å². The van der Waals surface area contributed by atoms with Crippen molar-refractivity contribution in [1.29, 1.82) is 5.26 Å². The molecule has 0 atom stereocenters. The van der Waals surface area contributed by atoms with Gasteiger partial charge in [-0.05, 0) is 12.1 Å². The van der Waals surface area contributed by atoms with Gasteiger partial charge in [0.1, 0.15) is 17.4 Å². The first kappa shape index (κ1) is 13.1. The van der Waals surface area contributed by atoms with E-state index in [1.807, 2.05) is 6.07 Å². The fraction of sp³-hybridized carbons (Fsp3) is 0.167. The lowest BCUT2D eigenvalue weighted by atomic mass is 10.2. The fourth-order valence-electron chi connectivity index (χ4n) is 1.11. The minimum absolute atomic E-state index is 0.164. The highest BCUT2D eigenvalue weighted by molar-refractivity contribution is 6.31. The number of hydrogen-bond acceptors (Lipinski definition) is 3. The molecule has 0 aliphatic heterocycles. The van der Waals surface area contributed by atoms with Crippen LogP contribution in [0.2, 0.25) is 5.02 Å². The van der Waals surface area contributed by atoms with E-state index in [2.05, 4.69) is 11.9 Å². The van der Waals surface area contributed by atoms with Crippen molar-refractivity contribution in [2.45, 2.75) is 0 Å². The van der Waals surface area contributed by atoms with E-state index in [-0.39, 0.29) is 18.1 Å². The SMILES string of the molecule is C=CCNC(=O)COc1cccc(Cl)c1C#N. The molecular formula is C12H11ClN2O2. The van der Waals surface area contributed by atoms with Crippen molar-refractivity contribution in [3.8, 4) is 11.8 Å². The zero-order chi connectivity index (χ0) is 12.7. The highest BCUT2D eigenvalue weighted by Crippen LogP contribution is 2.25. The average Bonchev–Trinajstić information content (AvgIpc) is 2.33. The van der Waals surface area contributed by atoms with Gasteiger partial charge in [0.25, 0.3) is 5.91 Å². The maximum atomic E-state index is 11.3. The highest BCUT2D eigenvalue weighted by Gasteiger charge is 2.09. The van der Waals surface area contributed by atoms with Crippen LogP contribution in [0.5, 0.6) is 5.75 Å². The number of nitriles is 1. The molecule has 0 radical (unpaired) electrons. The number of benzene rings is 1. The van der Waals surface area contributed by atoms with Gasteiger partial charge in [0.2, 0.25) is 0 Å². The summed E-state index contributed by atoms with van der Waals surface area (Å²) < 4.78 is 5.21. The minimum atomic E-state index is -0.284. The molecule has 0 bridgehead atoms. The Balaban J connectivity index is 2.64. The second-order valence-electron chi connectivity index (χ2n) is 3.11. The Bertz CT molecular complexity index is 466. The van der Waals surface area contributed by atoms with Crippen LogP contribution in [-0.4, -0.2) is 19.1 Å². The van der Waals surface area contributed by atoms with E-state index in [9.17, 15) is 4.79 Å². The third kappa shape index (κ3) is 3.82. The Hall–Kier alpha value is -1.99. The van der Waals surface area contributed by atoms with Gasteiger partial charge < -0.3 is 10.1 Å². The molecule has 1 aromatic carbocycles. The molecule has 0 unspecified atom stereocenters. The van der Waals surface area contributed by atoms with Gasteiger partial charge in [-0.15, -0.1) is 6.58 Å². The average molecular weight is 251 g/mol. The molecule has 0 spiro atoms. The summed E-state index contributed by atoms with van der Waals surface area (Å²) >= 11 is 5.81. The molecule has 5 heteroatoms. The molecule has 0 heterocycles. The summed E-state index contributed by atoms with van der Waals surface area (Å²) in [6, 6.07) is 6.76. The van der Waals surface area contributed by atoms with Crippen LogP contribution in [0, 0.1) is 11.3 Å². The molecule has 0 aliphatic carbocycles. The Morgan fingerprint density at radius 2 is 2.41 bits per heavy atom. The second-order valence-corrected chi connectivity index (χ2v) is 3.51. The molecule has 1 amide bonds. The number of nitrogens with zero attached hydrogens (tertiary/aromatic N) is 1. The summed E-state index contributed by atoms with van der Waals surface area (Å²) in [4.78, 5) is 11.3. The molecule has 0 saturated carbocycles. The normalized spacial score (nSPS) is 9.18. The predicted octanol–water partition coefficient (Wildman–Crippen LogP) is 1.89. The summed E-state index contributed by atoms with van der Waals surface area (Å²) in [5.74, 6) is 0.0162. The van der Waals surface area contributed by atoms with Crippen molar-refractivity contribution in [2.75, 3.05) is 13.2 Å². The van der Waals surface area contributed by atoms with Gasteiger partial charge in [0, 0.05) is 6.54 Å². The predicted molar refractivity (Wildman–Crippen MR) is 64.9 cm³/mol. The van der Waals surface area contributed by atoms with E-state index >= 15 is 0 Å². The van der Waals surface area contributed by atoms with E-state index in [4.69, 9.17) is 21.6 Å². The fourth-order valence-corrected chi connectivity index (χ4v) is 1.32. The first-order valence-electron chi connectivity index (χ1n) is 4.88. The van der Waals surface area contributed by atoms with Crippen molar-refractivity contribution >= 4 is 17.5 Å². The molecule has 1 rings (SSSR count). The lowest BCUT2D eigenvalue weighted by Crippen LogP contribution is -2.28. The van der Waals surface area contributed by atoms with Crippen LogP contribution in [0.1, 0.15) is 5.56 Å². The molecule has 88 valence electrons. The van der Waals surface area contributed by atoms with E-state index < -0.39 is 0 Å². The van der Waals surface area contributed by atoms with Crippen LogP contribution in [0.4, 0.5) is 0 Å². The Labute approximate surface area is 104 Å². The van der Waals surface area contributed by atoms with E-state index in [1.54, 1.807) is 24.3 Å². The zero-order valence-electron chi connectivity index (χ0n) is 9.07. The van der Waals surface area contributed by atoms with Crippen LogP contribution < -0.4 is 10.1 Å². The number of ether oxygens (including phenoxy) is 1. The van der Waals surface area contributed by atoms with Crippen LogP contribution in [0.3, 0.4) is 0 Å². The molecule has 17 heavy (non-hydrogen) atoms. The lowest BCUT2D eigenvalue weighted by Gasteiger charge is -2.08. The van der Waals surface area contributed by atoms with Crippen molar-refractivity contribution in [1.82, 2.24) is 5.32 Å². The van der Waals surface area contributed by atoms with Crippen LogP contribution in [0.15, 0.2) is 30.9 Å². The number of rotatable bonds is 5. The van der Waals surface area contributed by atoms with Gasteiger partial charge >= 0.3 is 0 Å². The largest absolute Gasteiger partial charge is 0.482 e. The molecule has 0 aliphatic rings. The maximum Gasteiger partial charge on any atom is 0.258 e. The van der Waals surface area contributed by atoms with Crippen molar-refractivity contribution < 1.29 is 9.53 Å². The van der Waals surface area contributed by atoms with E-state index in [1.165, 1.54) is 0 Å². The van der Waals surface area contributed by atoms with Gasteiger partial charge in [0.05, 0.1) is 5.02 Å². The molecule has 1 aromatic rings. The summed E-state index contributed by atoms with van der Waals surface area (Å²) in [7, 11) is 0. The number of hydrogen-bond donors (Lipinski definition) is 1. The first-order chi connectivity index (χ1) is 8.19. The second kappa shape index (κ2) is 6.56. The van der Waals surface area contributed by atoms with E-state index in [0.717, 1.165) is 0 Å². The Kier molecular flexibility index (Phi) is 5.05. The summed E-state index contributed by atoms with van der Waals surface area (Å²) in [5.41, 5.74) is 0.227. The van der Waals surface area contributed by atoms with Crippen molar-refractivity contribution in [3.63, 3.8) is 0 Å². The standard InChI is InChI=1S/C12H11ClN2O2/c1-2-6-15-12(16)8-17-11-5-3-4-10(13)9(11)7-14/h2-5H,1,6,8H2,(H,15,16). The number of halogens is 1. The number of amides is 1. The smallest absolute Gasteiger partial charge is 0.258 e. The highest BCUT2D eigenvalue weighted by atomic mass is 35.5. The summed E-state index contributed by atoms with van der Waals surface area (Å²) in [6.45, 7) is 3.69. The molecule has 1 N–H and O–H groups in total. The van der Waals surface area contributed by atoms with Gasteiger partial charge in [-0.25, -0.2) is 0 Å². The van der Waals surface area contributed by atoms with Crippen molar-refractivity contribution in [3.05, 3.63) is 41.4 Å². The third-order valence-corrected chi connectivity index (χ3v) is 2.20. The monoisotopic (exact) mass is 250 g/mol. The number of nitrogens with one attached hydrogen (secondary N) is 1. The molecule has 0 saturated heterocycles. The summed E-state index contributed by atoms with van der Waals surface area (Å²) in [6.07, 6.45) is 1.57. The van der Waals surface area contributed by atoms with Crippen LogP contribution in [-0.2, 0) is 4.79 Å². The van der Waals surface area contributed by atoms with Gasteiger partial charge in [-0.2, -0.15) is 5.26 Å². The quantitative estimate of drug-likeness (QED) is 0.812. The molecule has 4 nitrogen and oxygen atoms in total. The van der Waals surface area contributed by atoms with Crippen molar-refractivity contribution in [2.24, 2.45) is 0 Å². The van der Waals surface area contributed by atoms with Gasteiger partial charge in [-0.1, -0.05) is 23.7 Å². The zero-order valence-corrected chi connectivity index (χ0v) is 9.83. The van der Waals surface area contributed by atoms with Crippen LogP contribution in [0.25, 0.3) is 0 Å². The van der Waals surface area contributed by atoms with Crippen LogP contribution >= 0.6 is 11.6 Å². The topological polar surface area (TPSA) is 62.1 Å². The van der Waals surface area contributed by atoms with Gasteiger partial charge in [-0.3, -0.25) is 4.79 Å². The lowest BCUT2D eigenvalue weighted by molar-refractivity contribution is -0.122. The molecular weight excluding hydrogens is 240 g/mol. The number of carbonyl (C=O) groups is 1. The molecule has 0 aromatic heterocycles. The third-order valence-electron chi connectivity index (χ3n) is 1.89. The Morgan fingerprint density at radius 3 is 3.06 bits per heavy atom. The Morgan fingerprint density at radius 1 is 1.65 bits per heavy atom. The first-order valence-corrected chi connectivity index (χ1v) is 5.26. The number of carbonyl (C=O) groups excluding carboxylic acids is 1. The minimum Gasteiger partial charge on any atom is -0.482 e. The molecule has 0 fully saturated rings. The van der Waals surface area contributed by atoms with E-state index in [0.29, 0.717) is 17.3 Å².